The average Bonchev–Trinajstić information content (AvgIpc) is 3.41. The number of nitrogens with one attached hydrogen (secondary N) is 1. The summed E-state index contributed by atoms with van der Waals surface area (Å²) in [7, 11) is 0. The number of anilines is 1. The molecular formula is C26H20Cl2N4O2S. The number of nitrogens with zero attached hydrogens (tertiary/aromatic N) is 3. The Morgan fingerprint density at radius 3 is 2.20 bits per heavy atom. The van der Waals surface area contributed by atoms with E-state index < -0.39 is 11.2 Å². The molecule has 2 heterocycles. The predicted molar refractivity (Wildman–Crippen MR) is 141 cm³/mol. The van der Waals surface area contributed by atoms with E-state index in [0.717, 1.165) is 33.5 Å². The molecule has 3 aromatic carbocycles. The lowest BCUT2D eigenvalue weighted by molar-refractivity contribution is -0.121. The summed E-state index contributed by atoms with van der Waals surface area (Å²) in [6, 6.07) is 24.1. The molecule has 0 bridgehead atoms. The minimum absolute atomic E-state index is 0.0187. The second-order valence-corrected chi connectivity index (χ2v) is 10.3. The Bertz CT molecular complexity index is 1310. The van der Waals surface area contributed by atoms with Crippen molar-refractivity contribution in [3.8, 4) is 0 Å². The maximum atomic E-state index is 13.2. The van der Waals surface area contributed by atoms with Gasteiger partial charge in [0.2, 0.25) is 11.8 Å². The smallest absolute Gasteiger partial charge is 0.247 e. The van der Waals surface area contributed by atoms with Gasteiger partial charge in [-0.25, -0.2) is 9.91 Å². The first-order valence-corrected chi connectivity index (χ1v) is 12.6. The highest BCUT2D eigenvalue weighted by Gasteiger charge is 2.42. The normalized spacial score (nSPS) is 19.9. The molecule has 9 heteroatoms. The Balaban J connectivity index is 1.39. The molecule has 2 aliphatic rings. The average molecular weight is 523 g/mol. The molecule has 0 unspecified atom stereocenters. The number of hydrogen-bond acceptors (Lipinski definition) is 5. The third kappa shape index (κ3) is 4.85. The van der Waals surface area contributed by atoms with Gasteiger partial charge < -0.3 is 0 Å². The molecule has 2 amide bonds. The van der Waals surface area contributed by atoms with Gasteiger partial charge in [-0.05, 0) is 29.3 Å². The number of benzene rings is 3. The van der Waals surface area contributed by atoms with Crippen molar-refractivity contribution < 1.29 is 9.59 Å². The van der Waals surface area contributed by atoms with Crippen LogP contribution in [0.1, 0.15) is 30.0 Å². The quantitative estimate of drug-likeness (QED) is 0.253. The lowest BCUT2D eigenvalue weighted by atomic mass is 9.99. The summed E-state index contributed by atoms with van der Waals surface area (Å²) >= 11 is 13.2. The second kappa shape index (κ2) is 9.85. The third-order valence-corrected chi connectivity index (χ3v) is 7.37. The summed E-state index contributed by atoms with van der Waals surface area (Å²) in [4.78, 5) is 27.0. The van der Waals surface area contributed by atoms with Crippen LogP contribution >= 0.6 is 35.0 Å². The van der Waals surface area contributed by atoms with E-state index >= 15 is 0 Å². The van der Waals surface area contributed by atoms with Crippen LogP contribution in [0.5, 0.6) is 0 Å². The van der Waals surface area contributed by atoms with Gasteiger partial charge in [0.25, 0.3) is 0 Å². The Hall–Kier alpha value is -3.13. The van der Waals surface area contributed by atoms with Gasteiger partial charge >= 0.3 is 0 Å². The van der Waals surface area contributed by atoms with Gasteiger partial charge in [0, 0.05) is 22.9 Å². The molecule has 1 fully saturated rings. The summed E-state index contributed by atoms with van der Waals surface area (Å²) in [6.45, 7) is 0. The van der Waals surface area contributed by atoms with Gasteiger partial charge in [0.1, 0.15) is 5.25 Å². The van der Waals surface area contributed by atoms with Crippen molar-refractivity contribution in [1.29, 1.82) is 5.41 Å². The molecule has 2 aliphatic heterocycles. The molecule has 0 saturated carbocycles. The molecule has 35 heavy (non-hydrogen) atoms. The summed E-state index contributed by atoms with van der Waals surface area (Å²) in [5.41, 5.74) is 3.22. The topological polar surface area (TPSA) is 76.8 Å². The van der Waals surface area contributed by atoms with Crippen LogP contribution in [0.25, 0.3) is 0 Å². The summed E-state index contributed by atoms with van der Waals surface area (Å²) in [5, 5.41) is 15.3. The second-order valence-electron chi connectivity index (χ2n) is 8.20. The lowest BCUT2D eigenvalue weighted by Gasteiger charge is -2.24. The number of carbonyl (C=O) groups excluding carboxylic acids is 2. The fraction of sp³-hybridized carbons (Fsp3) is 0.154. The molecule has 1 N–H and O–H groups in total. The number of amides is 2. The van der Waals surface area contributed by atoms with E-state index in [1.54, 1.807) is 11.1 Å². The first-order valence-electron chi connectivity index (χ1n) is 11.0. The monoisotopic (exact) mass is 522 g/mol. The molecular weight excluding hydrogens is 503 g/mol. The van der Waals surface area contributed by atoms with E-state index in [4.69, 9.17) is 33.7 Å². The maximum Gasteiger partial charge on any atom is 0.247 e. The number of carbonyl (C=O) groups is 2. The van der Waals surface area contributed by atoms with Crippen molar-refractivity contribution in [3.05, 3.63) is 100 Å². The predicted octanol–water partition coefficient (Wildman–Crippen LogP) is 6.14. The van der Waals surface area contributed by atoms with Crippen molar-refractivity contribution in [1.82, 2.24) is 5.01 Å². The van der Waals surface area contributed by atoms with E-state index in [9.17, 15) is 9.59 Å². The molecule has 0 aliphatic carbocycles. The zero-order chi connectivity index (χ0) is 24.5. The number of rotatable bonds is 4. The van der Waals surface area contributed by atoms with Gasteiger partial charge in [0.05, 0.1) is 17.4 Å². The Morgan fingerprint density at radius 2 is 1.54 bits per heavy atom. The van der Waals surface area contributed by atoms with Crippen LogP contribution in [-0.2, 0) is 9.59 Å². The van der Waals surface area contributed by atoms with Crippen molar-refractivity contribution in [2.45, 2.75) is 24.1 Å². The highest BCUT2D eigenvalue weighted by atomic mass is 35.5. The number of imide groups is 1. The zero-order valence-corrected chi connectivity index (χ0v) is 20.7. The highest BCUT2D eigenvalue weighted by molar-refractivity contribution is 8.14. The Morgan fingerprint density at radius 1 is 0.914 bits per heavy atom. The van der Waals surface area contributed by atoms with Crippen molar-refractivity contribution >= 4 is 63.3 Å². The van der Waals surface area contributed by atoms with E-state index in [-0.39, 0.29) is 23.5 Å². The van der Waals surface area contributed by atoms with Crippen LogP contribution in [0.3, 0.4) is 0 Å². The highest BCUT2D eigenvalue weighted by Crippen LogP contribution is 2.38. The van der Waals surface area contributed by atoms with Crippen molar-refractivity contribution in [3.63, 3.8) is 0 Å². The fourth-order valence-electron chi connectivity index (χ4n) is 4.26. The molecule has 176 valence electrons. The number of thioether (sulfide) groups is 1. The SMILES string of the molecule is N=C(S[C@H]1CC(=O)N(c2cc(Cl)cc(Cl)c2)C1=O)N1N=C(c2ccccc2)C[C@@H]1c1ccccc1. The van der Waals surface area contributed by atoms with Crippen LogP contribution < -0.4 is 4.90 Å². The largest absolute Gasteiger partial charge is 0.277 e. The number of hydrogen-bond donors (Lipinski definition) is 1. The maximum absolute atomic E-state index is 13.2. The van der Waals surface area contributed by atoms with Crippen molar-refractivity contribution in [2.75, 3.05) is 4.90 Å². The summed E-state index contributed by atoms with van der Waals surface area (Å²) in [5.74, 6) is -0.751. The van der Waals surface area contributed by atoms with Crippen LogP contribution in [0, 0.1) is 5.41 Å². The molecule has 0 spiro atoms. The van der Waals surface area contributed by atoms with Gasteiger partial charge in [-0.3, -0.25) is 15.0 Å². The summed E-state index contributed by atoms with van der Waals surface area (Å²) in [6.07, 6.45) is 0.608. The molecule has 6 nitrogen and oxygen atoms in total. The van der Waals surface area contributed by atoms with Crippen LogP contribution in [-0.4, -0.2) is 33.0 Å². The third-order valence-electron chi connectivity index (χ3n) is 5.87. The molecule has 3 aromatic rings. The molecule has 2 atom stereocenters. The lowest BCUT2D eigenvalue weighted by Crippen LogP contribution is -2.32. The molecule has 0 aromatic heterocycles. The van der Waals surface area contributed by atoms with Crippen LogP contribution in [0.2, 0.25) is 10.0 Å². The standard InChI is InChI=1S/C26H20Cl2N4O2S/c27-18-11-19(28)13-20(12-18)31-24(33)15-23(25(31)34)35-26(29)32-22(17-9-5-2-6-10-17)14-21(30-32)16-7-3-1-4-8-16/h1-13,22-23,29H,14-15H2/t22-,23+/m1/s1. The van der Waals surface area contributed by atoms with Gasteiger partial charge in [-0.2, -0.15) is 5.10 Å². The van der Waals surface area contributed by atoms with Gasteiger partial charge in [-0.1, -0.05) is 95.6 Å². The Kier molecular flexibility index (Phi) is 6.65. The minimum atomic E-state index is -0.736. The van der Waals surface area contributed by atoms with Gasteiger partial charge in [0.15, 0.2) is 5.17 Å². The van der Waals surface area contributed by atoms with Crippen LogP contribution in [0.4, 0.5) is 5.69 Å². The van der Waals surface area contributed by atoms with Crippen LogP contribution in [0.15, 0.2) is 84.0 Å². The number of amidine groups is 1. The molecule has 1 saturated heterocycles. The van der Waals surface area contributed by atoms with Crippen molar-refractivity contribution in [2.24, 2.45) is 5.10 Å². The molecule has 5 rings (SSSR count). The van der Waals surface area contributed by atoms with Gasteiger partial charge in [-0.15, -0.1) is 0 Å². The molecule has 0 radical (unpaired) electrons. The number of hydrazone groups is 1. The summed E-state index contributed by atoms with van der Waals surface area (Å²) < 4.78 is 0. The van der Waals surface area contributed by atoms with E-state index in [2.05, 4.69) is 0 Å². The fourth-order valence-corrected chi connectivity index (χ4v) is 5.75. The van der Waals surface area contributed by atoms with E-state index in [1.807, 2.05) is 60.7 Å². The number of halogens is 2. The van der Waals surface area contributed by atoms with E-state index in [1.165, 1.54) is 12.1 Å². The first-order chi connectivity index (χ1) is 16.9. The first kappa shape index (κ1) is 23.6. The van der Waals surface area contributed by atoms with E-state index in [0.29, 0.717) is 22.2 Å². The minimum Gasteiger partial charge on any atom is -0.277 e. The Labute approximate surface area is 217 Å². The zero-order valence-electron chi connectivity index (χ0n) is 18.4.